The van der Waals surface area contributed by atoms with Gasteiger partial charge in [-0.25, -0.2) is 9.97 Å². The summed E-state index contributed by atoms with van der Waals surface area (Å²) in [6.07, 6.45) is 3.55. The van der Waals surface area contributed by atoms with Crippen LogP contribution in [0.25, 0.3) is 11.1 Å². The van der Waals surface area contributed by atoms with Crippen LogP contribution >= 0.6 is 0 Å². The molecule has 1 aliphatic rings. The number of methoxy groups -OCH3 is 1. The monoisotopic (exact) mass is 377 g/mol. The maximum absolute atomic E-state index is 10.6. The number of phenolic OH excluding ortho intramolecular Hbond substituents is 1. The Morgan fingerprint density at radius 1 is 1.18 bits per heavy atom. The minimum atomic E-state index is 0.186. The van der Waals surface area contributed by atoms with Crippen molar-refractivity contribution in [3.8, 4) is 28.6 Å². The molecule has 0 aliphatic carbocycles. The van der Waals surface area contributed by atoms with Crippen molar-refractivity contribution in [3.63, 3.8) is 0 Å². The lowest BCUT2D eigenvalue weighted by Gasteiger charge is -2.19. The fraction of sp³-hybridized carbons (Fsp3) is 0.273. The molecule has 0 saturated carbocycles. The number of phenols is 1. The van der Waals surface area contributed by atoms with Crippen LogP contribution in [0.4, 0.5) is 0 Å². The van der Waals surface area contributed by atoms with Crippen LogP contribution in [0.2, 0.25) is 0 Å². The van der Waals surface area contributed by atoms with Crippen molar-refractivity contribution in [3.05, 3.63) is 65.5 Å². The van der Waals surface area contributed by atoms with E-state index in [0.29, 0.717) is 31.5 Å². The molecule has 6 nitrogen and oxygen atoms in total. The Morgan fingerprint density at radius 3 is 2.71 bits per heavy atom. The van der Waals surface area contributed by atoms with Crippen LogP contribution in [0.1, 0.15) is 16.7 Å². The first-order valence-electron chi connectivity index (χ1n) is 9.26. The van der Waals surface area contributed by atoms with Gasteiger partial charge in [-0.15, -0.1) is 0 Å². The van der Waals surface area contributed by atoms with Gasteiger partial charge in [-0.05, 0) is 35.7 Å². The van der Waals surface area contributed by atoms with Crippen LogP contribution in [-0.2, 0) is 13.1 Å². The number of aryl methyl sites for hydroxylation is 1. The number of rotatable bonds is 4. The summed E-state index contributed by atoms with van der Waals surface area (Å²) < 4.78 is 10.9. The van der Waals surface area contributed by atoms with E-state index in [0.717, 1.165) is 28.8 Å². The minimum absolute atomic E-state index is 0.186. The number of fused-ring (bicyclic) bond motifs is 1. The van der Waals surface area contributed by atoms with E-state index in [1.807, 2.05) is 12.1 Å². The highest BCUT2D eigenvalue weighted by molar-refractivity contribution is 5.71. The molecule has 0 amide bonds. The second kappa shape index (κ2) is 7.86. The summed E-state index contributed by atoms with van der Waals surface area (Å²) in [5, 5.41) is 10.6. The van der Waals surface area contributed by atoms with Crippen LogP contribution in [0.3, 0.4) is 0 Å². The third-order valence-electron chi connectivity index (χ3n) is 4.92. The molecular weight excluding hydrogens is 354 g/mol. The molecule has 0 spiro atoms. The number of hydrogen-bond acceptors (Lipinski definition) is 6. The third-order valence-corrected chi connectivity index (χ3v) is 4.92. The zero-order valence-corrected chi connectivity index (χ0v) is 16.1. The van der Waals surface area contributed by atoms with E-state index in [-0.39, 0.29) is 5.75 Å². The van der Waals surface area contributed by atoms with Crippen molar-refractivity contribution in [2.24, 2.45) is 0 Å². The molecule has 2 heterocycles. The third kappa shape index (κ3) is 3.77. The largest absolute Gasteiger partial charge is 0.504 e. The Morgan fingerprint density at radius 2 is 1.96 bits per heavy atom. The Bertz CT molecular complexity index is 973. The number of hydrogen-bond donors (Lipinski definition) is 1. The van der Waals surface area contributed by atoms with Crippen molar-refractivity contribution in [1.29, 1.82) is 0 Å². The SMILES string of the molecule is COc1ncc(CN2CCOc3c(O)cc(-c4ccccc4C)cc3C2)cn1. The lowest BCUT2D eigenvalue weighted by atomic mass is 9.98. The fourth-order valence-corrected chi connectivity index (χ4v) is 3.53. The average Bonchev–Trinajstić information content (AvgIpc) is 2.91. The highest BCUT2D eigenvalue weighted by Crippen LogP contribution is 2.38. The zero-order valence-electron chi connectivity index (χ0n) is 16.1. The van der Waals surface area contributed by atoms with Crippen LogP contribution in [-0.4, -0.2) is 40.2 Å². The standard InChI is InChI=1S/C22H23N3O3/c1-15-5-3-4-6-19(15)17-9-18-14-25(7-8-28-21(18)20(26)10-17)13-16-11-23-22(27-2)24-12-16/h3-6,9-12,26H,7-8,13-14H2,1-2H3. The van der Waals surface area contributed by atoms with E-state index in [1.165, 1.54) is 5.56 Å². The lowest BCUT2D eigenvalue weighted by molar-refractivity contribution is 0.216. The minimum Gasteiger partial charge on any atom is -0.504 e. The summed E-state index contributed by atoms with van der Waals surface area (Å²) >= 11 is 0. The van der Waals surface area contributed by atoms with E-state index in [4.69, 9.17) is 9.47 Å². The van der Waals surface area contributed by atoms with Gasteiger partial charge in [0, 0.05) is 43.2 Å². The Labute approximate surface area is 164 Å². The van der Waals surface area contributed by atoms with Crippen LogP contribution in [0.15, 0.2) is 48.8 Å². The molecular formula is C22H23N3O3. The molecule has 1 N–H and O–H groups in total. The van der Waals surface area contributed by atoms with Gasteiger partial charge in [0.25, 0.3) is 0 Å². The predicted octanol–water partition coefficient (Wildman–Crippen LogP) is 3.56. The maximum atomic E-state index is 10.6. The summed E-state index contributed by atoms with van der Waals surface area (Å²) in [5.74, 6) is 0.760. The molecule has 0 saturated heterocycles. The topological polar surface area (TPSA) is 67.7 Å². The highest BCUT2D eigenvalue weighted by atomic mass is 16.5. The molecule has 1 aromatic heterocycles. The van der Waals surface area contributed by atoms with Gasteiger partial charge in [-0.1, -0.05) is 24.3 Å². The second-order valence-electron chi connectivity index (χ2n) is 6.94. The second-order valence-corrected chi connectivity index (χ2v) is 6.94. The van der Waals surface area contributed by atoms with Crippen molar-refractivity contribution < 1.29 is 14.6 Å². The molecule has 0 radical (unpaired) electrons. The van der Waals surface area contributed by atoms with Gasteiger partial charge in [-0.2, -0.15) is 0 Å². The molecule has 4 rings (SSSR count). The zero-order chi connectivity index (χ0) is 19.5. The summed E-state index contributed by atoms with van der Waals surface area (Å²) in [6, 6.07) is 12.4. The van der Waals surface area contributed by atoms with Crippen molar-refractivity contribution >= 4 is 0 Å². The first-order chi connectivity index (χ1) is 13.6. The molecule has 0 fully saturated rings. The molecule has 6 heteroatoms. The molecule has 144 valence electrons. The number of ether oxygens (including phenoxy) is 2. The van der Waals surface area contributed by atoms with Crippen LogP contribution in [0, 0.1) is 6.92 Å². The summed E-state index contributed by atoms with van der Waals surface area (Å²) in [5.41, 5.74) is 5.25. The lowest BCUT2D eigenvalue weighted by Crippen LogP contribution is -2.25. The number of benzene rings is 2. The molecule has 0 atom stereocenters. The van der Waals surface area contributed by atoms with Gasteiger partial charge >= 0.3 is 6.01 Å². The maximum Gasteiger partial charge on any atom is 0.316 e. The van der Waals surface area contributed by atoms with E-state index < -0.39 is 0 Å². The highest BCUT2D eigenvalue weighted by Gasteiger charge is 2.20. The molecule has 0 bridgehead atoms. The predicted molar refractivity (Wildman–Crippen MR) is 106 cm³/mol. The van der Waals surface area contributed by atoms with E-state index in [9.17, 15) is 5.11 Å². The fourth-order valence-electron chi connectivity index (χ4n) is 3.53. The van der Waals surface area contributed by atoms with Gasteiger partial charge in [0.05, 0.1) is 7.11 Å². The summed E-state index contributed by atoms with van der Waals surface area (Å²) in [7, 11) is 1.55. The van der Waals surface area contributed by atoms with E-state index in [1.54, 1.807) is 25.6 Å². The summed E-state index contributed by atoms with van der Waals surface area (Å²) in [6.45, 7) is 4.71. The normalized spacial score (nSPS) is 14.1. The molecule has 2 aromatic carbocycles. The summed E-state index contributed by atoms with van der Waals surface area (Å²) in [4.78, 5) is 10.6. The van der Waals surface area contributed by atoms with Gasteiger partial charge in [0.2, 0.25) is 0 Å². The van der Waals surface area contributed by atoms with Gasteiger partial charge in [0.1, 0.15) is 6.61 Å². The number of aromatic hydroxyl groups is 1. The number of aromatic nitrogens is 2. The van der Waals surface area contributed by atoms with Crippen molar-refractivity contribution in [2.75, 3.05) is 20.3 Å². The Balaban J connectivity index is 1.61. The molecule has 0 unspecified atom stereocenters. The molecule has 1 aliphatic heterocycles. The molecule has 28 heavy (non-hydrogen) atoms. The van der Waals surface area contributed by atoms with E-state index in [2.05, 4.69) is 40.0 Å². The Hall–Kier alpha value is -3.12. The van der Waals surface area contributed by atoms with E-state index >= 15 is 0 Å². The van der Waals surface area contributed by atoms with Gasteiger partial charge < -0.3 is 14.6 Å². The number of nitrogens with zero attached hydrogens (tertiary/aromatic N) is 3. The van der Waals surface area contributed by atoms with Gasteiger partial charge in [-0.3, -0.25) is 4.90 Å². The Kier molecular flexibility index (Phi) is 5.12. The first kappa shape index (κ1) is 18.3. The van der Waals surface area contributed by atoms with Crippen LogP contribution < -0.4 is 9.47 Å². The average molecular weight is 377 g/mol. The van der Waals surface area contributed by atoms with Crippen LogP contribution in [0.5, 0.6) is 17.5 Å². The smallest absolute Gasteiger partial charge is 0.316 e. The van der Waals surface area contributed by atoms with Crippen molar-refractivity contribution in [1.82, 2.24) is 14.9 Å². The first-order valence-corrected chi connectivity index (χ1v) is 9.26. The molecule has 3 aromatic rings. The quantitative estimate of drug-likeness (QED) is 0.750. The van der Waals surface area contributed by atoms with Crippen molar-refractivity contribution in [2.45, 2.75) is 20.0 Å². The van der Waals surface area contributed by atoms with Gasteiger partial charge in [0.15, 0.2) is 11.5 Å².